The van der Waals surface area contributed by atoms with Crippen LogP contribution in [0.25, 0.3) is 0 Å². The van der Waals surface area contributed by atoms with Gasteiger partial charge in [0.25, 0.3) is 5.91 Å². The van der Waals surface area contributed by atoms with Crippen molar-refractivity contribution in [1.82, 2.24) is 9.97 Å². The third-order valence-electron chi connectivity index (χ3n) is 2.20. The molecule has 0 bridgehead atoms. The molecule has 0 aliphatic heterocycles. The number of rotatable bonds is 2. The van der Waals surface area contributed by atoms with Crippen LogP contribution in [0.4, 0.5) is 10.2 Å². The van der Waals surface area contributed by atoms with Crippen LogP contribution in [0.3, 0.4) is 0 Å². The Hall–Kier alpha value is -1.92. The van der Waals surface area contributed by atoms with Gasteiger partial charge in [-0.15, -0.1) is 0 Å². The summed E-state index contributed by atoms with van der Waals surface area (Å²) in [5.41, 5.74) is -0.506. The number of anilines is 1. The van der Waals surface area contributed by atoms with Crippen molar-refractivity contribution >= 4 is 34.9 Å². The van der Waals surface area contributed by atoms with Crippen LogP contribution in [0.5, 0.6) is 5.75 Å². The maximum absolute atomic E-state index is 13.5. The van der Waals surface area contributed by atoms with Gasteiger partial charge in [-0.2, -0.15) is 0 Å². The van der Waals surface area contributed by atoms with Crippen molar-refractivity contribution in [2.45, 2.75) is 0 Å². The Morgan fingerprint density at radius 1 is 1.32 bits per heavy atom. The maximum Gasteiger partial charge on any atom is 0.263 e. The first-order valence-corrected chi connectivity index (χ1v) is 5.71. The molecule has 19 heavy (non-hydrogen) atoms. The lowest BCUT2D eigenvalue weighted by molar-refractivity contribution is 0.102. The van der Waals surface area contributed by atoms with Gasteiger partial charge in [0.1, 0.15) is 28.5 Å². The van der Waals surface area contributed by atoms with Gasteiger partial charge in [-0.1, -0.05) is 29.3 Å². The van der Waals surface area contributed by atoms with E-state index in [1.54, 1.807) is 0 Å². The largest absolute Gasteiger partial charge is 0.507 e. The molecule has 2 N–H and O–H groups in total. The molecule has 1 amide bonds. The van der Waals surface area contributed by atoms with E-state index in [-0.39, 0.29) is 16.0 Å². The Kier molecular flexibility index (Phi) is 3.82. The van der Waals surface area contributed by atoms with E-state index in [1.807, 2.05) is 0 Å². The van der Waals surface area contributed by atoms with E-state index in [9.17, 15) is 14.3 Å². The van der Waals surface area contributed by atoms with Crippen LogP contribution in [0.2, 0.25) is 10.2 Å². The highest BCUT2D eigenvalue weighted by Crippen LogP contribution is 2.27. The summed E-state index contributed by atoms with van der Waals surface area (Å²) in [6.07, 6.45) is 1.09. The van der Waals surface area contributed by atoms with Gasteiger partial charge < -0.3 is 10.4 Å². The SMILES string of the molecule is O=C(Nc1ncnc(Cl)c1Cl)c1c(O)cccc1F. The lowest BCUT2D eigenvalue weighted by atomic mass is 10.1. The van der Waals surface area contributed by atoms with Crippen LogP contribution in [-0.2, 0) is 0 Å². The van der Waals surface area contributed by atoms with Gasteiger partial charge >= 0.3 is 0 Å². The number of aromatic nitrogens is 2. The van der Waals surface area contributed by atoms with Crippen LogP contribution in [0.15, 0.2) is 24.5 Å². The van der Waals surface area contributed by atoms with Crippen molar-refractivity contribution in [1.29, 1.82) is 0 Å². The monoisotopic (exact) mass is 301 g/mol. The van der Waals surface area contributed by atoms with Crippen molar-refractivity contribution in [3.63, 3.8) is 0 Å². The molecule has 0 saturated carbocycles. The van der Waals surface area contributed by atoms with Crippen molar-refractivity contribution in [2.75, 3.05) is 5.32 Å². The topological polar surface area (TPSA) is 75.1 Å². The Balaban J connectivity index is 2.34. The minimum absolute atomic E-state index is 0.0512. The highest BCUT2D eigenvalue weighted by molar-refractivity contribution is 6.43. The highest BCUT2D eigenvalue weighted by atomic mass is 35.5. The summed E-state index contributed by atoms with van der Waals surface area (Å²) < 4.78 is 13.5. The lowest BCUT2D eigenvalue weighted by Crippen LogP contribution is -2.15. The number of nitrogens with zero attached hydrogens (tertiary/aromatic N) is 2. The molecule has 5 nitrogen and oxygen atoms in total. The zero-order chi connectivity index (χ0) is 14.0. The first kappa shape index (κ1) is 13.5. The minimum atomic E-state index is -0.896. The number of nitrogens with one attached hydrogen (secondary N) is 1. The van der Waals surface area contributed by atoms with E-state index in [0.717, 1.165) is 12.4 Å². The van der Waals surface area contributed by atoms with Crippen LogP contribution in [-0.4, -0.2) is 21.0 Å². The third-order valence-corrected chi connectivity index (χ3v) is 2.94. The van der Waals surface area contributed by atoms with E-state index in [4.69, 9.17) is 23.2 Å². The summed E-state index contributed by atoms with van der Waals surface area (Å²) in [6.45, 7) is 0. The molecule has 0 spiro atoms. The van der Waals surface area contributed by atoms with Crippen molar-refractivity contribution in [3.8, 4) is 5.75 Å². The fourth-order valence-corrected chi connectivity index (χ4v) is 1.62. The number of aromatic hydroxyl groups is 1. The van der Waals surface area contributed by atoms with E-state index >= 15 is 0 Å². The van der Waals surface area contributed by atoms with E-state index in [0.29, 0.717) is 0 Å². The maximum atomic E-state index is 13.5. The van der Waals surface area contributed by atoms with Gasteiger partial charge in [0.15, 0.2) is 11.0 Å². The molecule has 1 aromatic heterocycles. The van der Waals surface area contributed by atoms with Gasteiger partial charge in [0.2, 0.25) is 0 Å². The van der Waals surface area contributed by atoms with E-state index in [2.05, 4.69) is 15.3 Å². The van der Waals surface area contributed by atoms with Crippen LogP contribution in [0, 0.1) is 5.82 Å². The molecule has 1 heterocycles. The van der Waals surface area contributed by atoms with Crippen LogP contribution < -0.4 is 5.32 Å². The number of benzene rings is 1. The molecule has 0 radical (unpaired) electrons. The van der Waals surface area contributed by atoms with Crippen molar-refractivity contribution in [2.24, 2.45) is 0 Å². The molecule has 1 aromatic carbocycles. The second kappa shape index (κ2) is 5.38. The standard InChI is InChI=1S/C11H6Cl2FN3O2/c12-8-9(13)15-4-16-10(8)17-11(19)7-5(14)2-1-3-6(7)18/h1-4,18H,(H,15,16,17,19). The summed E-state index contributed by atoms with van der Waals surface area (Å²) in [5.74, 6) is -2.33. The molecule has 0 fully saturated rings. The van der Waals surface area contributed by atoms with E-state index in [1.165, 1.54) is 12.1 Å². The summed E-state index contributed by atoms with van der Waals surface area (Å²) in [6, 6.07) is 3.51. The van der Waals surface area contributed by atoms with Gasteiger partial charge in [-0.25, -0.2) is 14.4 Å². The fourth-order valence-electron chi connectivity index (χ4n) is 1.34. The Labute approximate surface area is 117 Å². The number of carbonyl (C=O) groups excluding carboxylic acids is 1. The number of hydrogen-bond donors (Lipinski definition) is 2. The summed E-state index contributed by atoms with van der Waals surface area (Å²) in [7, 11) is 0. The average Bonchev–Trinajstić information content (AvgIpc) is 2.35. The smallest absolute Gasteiger partial charge is 0.263 e. The molecule has 0 aliphatic carbocycles. The predicted molar refractivity (Wildman–Crippen MR) is 68.1 cm³/mol. The highest BCUT2D eigenvalue weighted by Gasteiger charge is 2.18. The molecular formula is C11H6Cl2FN3O2. The second-order valence-corrected chi connectivity index (χ2v) is 4.15. The number of amides is 1. The molecule has 0 aliphatic rings. The number of phenols is 1. The Morgan fingerprint density at radius 2 is 2.05 bits per heavy atom. The average molecular weight is 302 g/mol. The molecular weight excluding hydrogens is 296 g/mol. The first-order chi connectivity index (χ1) is 9.00. The summed E-state index contributed by atoms with van der Waals surface area (Å²) in [5, 5.41) is 11.6. The molecule has 98 valence electrons. The fraction of sp³-hybridized carbons (Fsp3) is 0. The van der Waals surface area contributed by atoms with Crippen LogP contribution in [0.1, 0.15) is 10.4 Å². The molecule has 0 saturated heterocycles. The normalized spacial score (nSPS) is 10.3. The minimum Gasteiger partial charge on any atom is -0.507 e. The first-order valence-electron chi connectivity index (χ1n) is 4.95. The van der Waals surface area contributed by atoms with Gasteiger partial charge in [-0.05, 0) is 12.1 Å². The lowest BCUT2D eigenvalue weighted by Gasteiger charge is -2.08. The number of phenolic OH excluding ortho intramolecular Hbond substituents is 1. The summed E-state index contributed by atoms with van der Waals surface area (Å²) >= 11 is 11.4. The predicted octanol–water partition coefficient (Wildman–Crippen LogP) is 2.88. The second-order valence-electron chi connectivity index (χ2n) is 3.42. The van der Waals surface area contributed by atoms with Crippen molar-refractivity contribution < 1.29 is 14.3 Å². The van der Waals surface area contributed by atoms with Gasteiger partial charge in [-0.3, -0.25) is 4.79 Å². The zero-order valence-electron chi connectivity index (χ0n) is 9.19. The molecule has 0 unspecified atom stereocenters. The third kappa shape index (κ3) is 2.74. The number of hydrogen-bond acceptors (Lipinski definition) is 4. The molecule has 8 heteroatoms. The van der Waals surface area contributed by atoms with Crippen LogP contribution >= 0.6 is 23.2 Å². The quantitative estimate of drug-likeness (QED) is 0.836. The molecule has 2 aromatic rings. The van der Waals surface area contributed by atoms with Crippen molar-refractivity contribution in [3.05, 3.63) is 46.1 Å². The number of carbonyl (C=O) groups is 1. The Morgan fingerprint density at radius 3 is 2.74 bits per heavy atom. The van der Waals surface area contributed by atoms with E-state index < -0.39 is 23.0 Å². The summed E-state index contributed by atoms with van der Waals surface area (Å²) in [4.78, 5) is 19.1. The molecule has 2 rings (SSSR count). The number of halogens is 3. The van der Waals surface area contributed by atoms with Gasteiger partial charge in [0, 0.05) is 0 Å². The van der Waals surface area contributed by atoms with Gasteiger partial charge in [0.05, 0.1) is 0 Å². The Bertz CT molecular complexity index is 632. The zero-order valence-corrected chi connectivity index (χ0v) is 10.7. The molecule has 0 atom stereocenters.